The minimum atomic E-state index is 0.198. The number of nitrogens with zero attached hydrogens (tertiary/aromatic N) is 2. The average molecular weight is 295 g/mol. The predicted molar refractivity (Wildman–Crippen MR) is 84.5 cm³/mol. The number of aromatic nitrogens is 1. The number of fused-ring (bicyclic) bond motifs is 1. The molecule has 0 spiro atoms. The number of thiazole rings is 1. The molecule has 6 heteroatoms. The molecule has 0 amide bonds. The summed E-state index contributed by atoms with van der Waals surface area (Å²) < 4.78 is 1.13. The summed E-state index contributed by atoms with van der Waals surface area (Å²) in [5.74, 6) is 0.718. The molecule has 1 heterocycles. The zero-order chi connectivity index (χ0) is 13.7. The van der Waals surface area contributed by atoms with E-state index in [1.807, 2.05) is 19.1 Å². The van der Waals surface area contributed by atoms with E-state index >= 15 is 0 Å². The first-order valence-corrected chi connectivity index (χ1v) is 7.96. The van der Waals surface area contributed by atoms with Gasteiger partial charge in [-0.25, -0.2) is 4.98 Å². The van der Waals surface area contributed by atoms with Gasteiger partial charge in [0.2, 0.25) is 5.13 Å². The van der Waals surface area contributed by atoms with Gasteiger partial charge >= 0.3 is 0 Å². The van der Waals surface area contributed by atoms with E-state index in [9.17, 15) is 0 Å². The van der Waals surface area contributed by atoms with Crippen molar-refractivity contribution >= 4 is 44.2 Å². The van der Waals surface area contributed by atoms with Crippen LogP contribution in [-0.4, -0.2) is 28.2 Å². The van der Waals surface area contributed by atoms with Crippen LogP contribution in [0.5, 0.6) is 0 Å². The molecule has 2 aromatic rings. The lowest BCUT2D eigenvalue weighted by molar-refractivity contribution is 0.322. The number of benzene rings is 1. The van der Waals surface area contributed by atoms with Crippen molar-refractivity contribution in [1.29, 1.82) is 0 Å². The van der Waals surface area contributed by atoms with Crippen LogP contribution >= 0.6 is 23.1 Å². The molecule has 0 aliphatic carbocycles. The monoisotopic (exact) mass is 295 g/mol. The summed E-state index contributed by atoms with van der Waals surface area (Å²) in [5.41, 5.74) is 5.03. The fourth-order valence-electron chi connectivity index (χ4n) is 1.43. The lowest BCUT2D eigenvalue weighted by Crippen LogP contribution is -1.94. The van der Waals surface area contributed by atoms with Crippen LogP contribution in [0.3, 0.4) is 0 Å². The highest BCUT2D eigenvalue weighted by atomic mass is 32.2. The Balaban J connectivity index is 2.16. The molecule has 2 rings (SSSR count). The molecule has 0 aliphatic heterocycles. The number of aliphatic hydroxyl groups excluding tert-OH is 1. The van der Waals surface area contributed by atoms with E-state index in [1.165, 1.54) is 0 Å². The van der Waals surface area contributed by atoms with Crippen LogP contribution in [0.25, 0.3) is 10.2 Å². The number of hydrogen-bond acceptors (Lipinski definition) is 6. The fourth-order valence-corrected chi connectivity index (χ4v) is 3.04. The molecule has 0 unspecified atom stereocenters. The number of anilines is 1. The van der Waals surface area contributed by atoms with Crippen LogP contribution in [0.2, 0.25) is 0 Å². The van der Waals surface area contributed by atoms with Crippen LogP contribution in [0, 0.1) is 0 Å². The largest absolute Gasteiger partial charge is 0.396 e. The van der Waals surface area contributed by atoms with Gasteiger partial charge in [-0.3, -0.25) is 5.43 Å². The second-order valence-electron chi connectivity index (χ2n) is 4.03. The number of hydrazone groups is 1. The first-order chi connectivity index (χ1) is 9.22. The molecule has 0 bridgehead atoms. The van der Waals surface area contributed by atoms with Crippen molar-refractivity contribution in [3.8, 4) is 0 Å². The van der Waals surface area contributed by atoms with Gasteiger partial charge in [0.05, 0.1) is 16.8 Å². The molecule has 102 valence electrons. The normalized spacial score (nSPS) is 12.1. The van der Waals surface area contributed by atoms with E-state index in [0.717, 1.165) is 38.1 Å². The second-order valence-corrected chi connectivity index (χ2v) is 6.23. The zero-order valence-corrected chi connectivity index (χ0v) is 12.6. The summed E-state index contributed by atoms with van der Waals surface area (Å²) in [6.45, 7) is 4.26. The molecule has 0 saturated carbocycles. The van der Waals surface area contributed by atoms with Gasteiger partial charge in [-0.1, -0.05) is 18.3 Å². The molecule has 2 N–H and O–H groups in total. The van der Waals surface area contributed by atoms with Crippen LogP contribution < -0.4 is 5.43 Å². The second kappa shape index (κ2) is 6.88. The summed E-state index contributed by atoms with van der Waals surface area (Å²) in [5, 5.41) is 13.9. The minimum absolute atomic E-state index is 0.198. The standard InChI is InChI=1S/C13H17N3OS2/c1-3-9(2)15-16-13-14-11-5-4-10(18-7-6-17)8-12(11)19-13/h4-5,8,17H,3,6-7H2,1-2H3,(H,14,16)/b15-9+. The predicted octanol–water partition coefficient (Wildman–Crippen LogP) is 3.58. The molecule has 0 atom stereocenters. The Bertz CT molecular complexity index is 580. The van der Waals surface area contributed by atoms with Crippen LogP contribution in [0.4, 0.5) is 5.13 Å². The van der Waals surface area contributed by atoms with Crippen molar-refractivity contribution < 1.29 is 5.11 Å². The zero-order valence-electron chi connectivity index (χ0n) is 11.0. The molecule has 0 fully saturated rings. The molecule has 0 radical (unpaired) electrons. The first kappa shape index (κ1) is 14.3. The smallest absolute Gasteiger partial charge is 0.204 e. The van der Waals surface area contributed by atoms with Gasteiger partial charge in [-0.2, -0.15) is 5.10 Å². The summed E-state index contributed by atoms with van der Waals surface area (Å²) in [6, 6.07) is 6.15. The molecule has 4 nitrogen and oxygen atoms in total. The van der Waals surface area contributed by atoms with E-state index in [0.29, 0.717) is 0 Å². The average Bonchev–Trinajstić information content (AvgIpc) is 2.84. The van der Waals surface area contributed by atoms with Gasteiger partial charge in [0.25, 0.3) is 0 Å². The Kier molecular flexibility index (Phi) is 5.18. The Morgan fingerprint density at radius 2 is 2.37 bits per heavy atom. The number of hydrogen-bond donors (Lipinski definition) is 2. The molecular formula is C13H17N3OS2. The van der Waals surface area contributed by atoms with E-state index in [4.69, 9.17) is 5.11 Å². The van der Waals surface area contributed by atoms with Crippen LogP contribution in [0.15, 0.2) is 28.2 Å². The van der Waals surface area contributed by atoms with Crippen molar-refractivity contribution in [1.82, 2.24) is 4.98 Å². The van der Waals surface area contributed by atoms with Crippen LogP contribution in [-0.2, 0) is 0 Å². The maximum atomic E-state index is 8.83. The highest BCUT2D eigenvalue weighted by Gasteiger charge is 2.04. The lowest BCUT2D eigenvalue weighted by Gasteiger charge is -1.97. The Hall–Kier alpha value is -1.11. The van der Waals surface area contributed by atoms with E-state index in [2.05, 4.69) is 28.5 Å². The van der Waals surface area contributed by atoms with Crippen molar-refractivity contribution in [2.75, 3.05) is 17.8 Å². The van der Waals surface area contributed by atoms with E-state index < -0.39 is 0 Å². The van der Waals surface area contributed by atoms with Gasteiger partial charge in [0, 0.05) is 16.4 Å². The highest BCUT2D eigenvalue weighted by molar-refractivity contribution is 7.99. The fraction of sp³-hybridized carbons (Fsp3) is 0.385. The SMILES string of the molecule is CC/C(C)=N/Nc1nc2ccc(SCCO)cc2s1. The van der Waals surface area contributed by atoms with E-state index in [-0.39, 0.29) is 6.61 Å². The van der Waals surface area contributed by atoms with Crippen molar-refractivity contribution in [3.63, 3.8) is 0 Å². The van der Waals surface area contributed by atoms with E-state index in [1.54, 1.807) is 23.1 Å². The maximum Gasteiger partial charge on any atom is 0.204 e. The van der Waals surface area contributed by atoms with Gasteiger partial charge in [0.15, 0.2) is 0 Å². The van der Waals surface area contributed by atoms with Gasteiger partial charge < -0.3 is 5.11 Å². The number of nitrogens with one attached hydrogen (secondary N) is 1. The van der Waals surface area contributed by atoms with Crippen molar-refractivity contribution in [2.24, 2.45) is 5.10 Å². The number of aliphatic hydroxyl groups is 1. The maximum absolute atomic E-state index is 8.83. The third-order valence-electron chi connectivity index (χ3n) is 2.57. The summed E-state index contributed by atoms with van der Waals surface area (Å²) >= 11 is 3.24. The topological polar surface area (TPSA) is 57.5 Å². The van der Waals surface area contributed by atoms with Gasteiger partial charge in [-0.05, 0) is 31.5 Å². The lowest BCUT2D eigenvalue weighted by atomic mass is 10.3. The third kappa shape index (κ3) is 3.92. The van der Waals surface area contributed by atoms with Gasteiger partial charge in [0.1, 0.15) is 0 Å². The molecular weight excluding hydrogens is 278 g/mol. The Morgan fingerprint density at radius 3 is 3.11 bits per heavy atom. The number of rotatable bonds is 6. The summed E-state index contributed by atoms with van der Waals surface area (Å²) in [4.78, 5) is 5.64. The number of thioether (sulfide) groups is 1. The third-order valence-corrected chi connectivity index (χ3v) is 4.47. The molecule has 1 aromatic heterocycles. The minimum Gasteiger partial charge on any atom is -0.396 e. The first-order valence-electron chi connectivity index (χ1n) is 6.16. The summed E-state index contributed by atoms with van der Waals surface area (Å²) in [6.07, 6.45) is 0.930. The van der Waals surface area contributed by atoms with Crippen molar-refractivity contribution in [3.05, 3.63) is 18.2 Å². The van der Waals surface area contributed by atoms with Crippen LogP contribution in [0.1, 0.15) is 20.3 Å². The quantitative estimate of drug-likeness (QED) is 0.486. The molecule has 0 aliphatic rings. The van der Waals surface area contributed by atoms with Gasteiger partial charge in [-0.15, -0.1) is 11.8 Å². The molecule has 0 saturated heterocycles. The molecule has 1 aromatic carbocycles. The van der Waals surface area contributed by atoms with Crippen molar-refractivity contribution in [2.45, 2.75) is 25.2 Å². The highest BCUT2D eigenvalue weighted by Crippen LogP contribution is 2.30. The Labute approximate surface area is 120 Å². The summed E-state index contributed by atoms with van der Waals surface area (Å²) in [7, 11) is 0. The Morgan fingerprint density at radius 1 is 1.53 bits per heavy atom. The molecule has 19 heavy (non-hydrogen) atoms.